The Morgan fingerprint density at radius 1 is 1.28 bits per heavy atom. The van der Waals surface area contributed by atoms with Gasteiger partial charge < -0.3 is 15.2 Å². The van der Waals surface area contributed by atoms with Crippen molar-refractivity contribution in [3.63, 3.8) is 0 Å². The van der Waals surface area contributed by atoms with Gasteiger partial charge in [-0.3, -0.25) is 0 Å². The van der Waals surface area contributed by atoms with Gasteiger partial charge in [0, 0.05) is 11.8 Å². The average molecular weight is 273 g/mol. The zero-order valence-corrected chi connectivity index (χ0v) is 11.7. The lowest BCUT2D eigenvalue weighted by atomic mass is 10.3. The summed E-state index contributed by atoms with van der Waals surface area (Å²) in [5.74, 6) is 0.963. The second-order valence-electron chi connectivity index (χ2n) is 4.17. The summed E-state index contributed by atoms with van der Waals surface area (Å²) in [6.45, 7) is 3.38. The van der Waals surface area contributed by atoms with E-state index >= 15 is 0 Å². The van der Waals surface area contributed by atoms with Gasteiger partial charge in [0.1, 0.15) is 6.61 Å². The van der Waals surface area contributed by atoms with E-state index in [2.05, 4.69) is 0 Å². The Labute approximate surface area is 108 Å². The molecule has 0 unspecified atom stereocenters. The lowest BCUT2D eigenvalue weighted by molar-refractivity contribution is 0.311. The van der Waals surface area contributed by atoms with Gasteiger partial charge in [0.2, 0.25) is 0 Å². The van der Waals surface area contributed by atoms with Gasteiger partial charge in [0.25, 0.3) is 0 Å². The second-order valence-corrected chi connectivity index (χ2v) is 6.85. The molecule has 1 aromatic rings. The molecule has 6 heteroatoms. The molecule has 0 aromatic heterocycles. The SMILES string of the molecule is COc1ccc(N)cc1OCCS(=O)(=O)C(C)C. The van der Waals surface area contributed by atoms with E-state index in [0.717, 1.165) is 0 Å². The maximum atomic E-state index is 11.6. The minimum absolute atomic E-state index is 0.0252. The summed E-state index contributed by atoms with van der Waals surface area (Å²) in [7, 11) is -1.58. The van der Waals surface area contributed by atoms with Crippen molar-refractivity contribution in [2.24, 2.45) is 0 Å². The number of rotatable bonds is 6. The molecular formula is C12H19NO4S. The number of sulfone groups is 1. The smallest absolute Gasteiger partial charge is 0.163 e. The van der Waals surface area contributed by atoms with Crippen molar-refractivity contribution >= 4 is 15.5 Å². The molecule has 0 heterocycles. The first kappa shape index (κ1) is 14.6. The lowest BCUT2D eigenvalue weighted by Crippen LogP contribution is -2.22. The molecule has 0 fully saturated rings. The number of methoxy groups -OCH3 is 1. The molecular weight excluding hydrogens is 254 g/mol. The third-order valence-electron chi connectivity index (χ3n) is 2.53. The monoisotopic (exact) mass is 273 g/mol. The van der Waals surface area contributed by atoms with Crippen molar-refractivity contribution in [2.45, 2.75) is 19.1 Å². The highest BCUT2D eigenvalue weighted by Crippen LogP contribution is 2.28. The highest BCUT2D eigenvalue weighted by atomic mass is 32.2. The van der Waals surface area contributed by atoms with Gasteiger partial charge in [-0.2, -0.15) is 0 Å². The summed E-state index contributed by atoms with van der Waals surface area (Å²) in [6, 6.07) is 4.99. The number of benzene rings is 1. The van der Waals surface area contributed by atoms with E-state index in [1.165, 1.54) is 7.11 Å². The minimum atomic E-state index is -3.10. The summed E-state index contributed by atoms with van der Waals surface area (Å²) < 4.78 is 33.7. The normalized spacial score (nSPS) is 11.6. The molecule has 0 radical (unpaired) electrons. The van der Waals surface area contributed by atoms with E-state index in [1.54, 1.807) is 32.0 Å². The van der Waals surface area contributed by atoms with Gasteiger partial charge in [-0.05, 0) is 26.0 Å². The molecule has 0 amide bonds. The van der Waals surface area contributed by atoms with E-state index in [4.69, 9.17) is 15.2 Å². The number of hydrogen-bond donors (Lipinski definition) is 1. The van der Waals surface area contributed by atoms with Crippen LogP contribution >= 0.6 is 0 Å². The van der Waals surface area contributed by atoms with E-state index < -0.39 is 15.1 Å². The largest absolute Gasteiger partial charge is 0.493 e. The molecule has 18 heavy (non-hydrogen) atoms. The van der Waals surface area contributed by atoms with E-state index in [1.807, 2.05) is 0 Å². The Balaban J connectivity index is 2.67. The van der Waals surface area contributed by atoms with Crippen molar-refractivity contribution in [1.82, 2.24) is 0 Å². The van der Waals surface area contributed by atoms with Gasteiger partial charge in [-0.25, -0.2) is 8.42 Å². The molecule has 102 valence electrons. The number of nitrogens with two attached hydrogens (primary N) is 1. The number of nitrogen functional groups attached to an aromatic ring is 1. The van der Waals surface area contributed by atoms with Crippen LogP contribution in [0.5, 0.6) is 11.5 Å². The van der Waals surface area contributed by atoms with Crippen LogP contribution in [0.3, 0.4) is 0 Å². The number of ether oxygens (including phenoxy) is 2. The molecule has 0 aliphatic carbocycles. The molecule has 2 N–H and O–H groups in total. The lowest BCUT2D eigenvalue weighted by Gasteiger charge is -2.12. The maximum absolute atomic E-state index is 11.6. The molecule has 0 aliphatic heterocycles. The Hall–Kier alpha value is -1.43. The molecule has 0 spiro atoms. The van der Waals surface area contributed by atoms with Crippen molar-refractivity contribution in [2.75, 3.05) is 25.2 Å². The number of anilines is 1. The van der Waals surface area contributed by atoms with Crippen LogP contribution in [0.1, 0.15) is 13.8 Å². The average Bonchev–Trinajstić information content (AvgIpc) is 2.29. The summed E-state index contributed by atoms with van der Waals surface area (Å²) >= 11 is 0. The van der Waals surface area contributed by atoms with Gasteiger partial charge in [-0.1, -0.05) is 0 Å². The first-order valence-electron chi connectivity index (χ1n) is 5.64. The Kier molecular flexibility index (Phi) is 4.84. The standard InChI is InChI=1S/C12H19NO4S/c1-9(2)18(14,15)7-6-17-12-8-10(13)4-5-11(12)16-3/h4-5,8-9H,6-7,13H2,1-3H3. The first-order chi connectivity index (χ1) is 8.36. The molecule has 1 aromatic carbocycles. The topological polar surface area (TPSA) is 78.6 Å². The first-order valence-corrected chi connectivity index (χ1v) is 7.36. The van der Waals surface area contributed by atoms with Crippen molar-refractivity contribution in [3.8, 4) is 11.5 Å². The highest BCUT2D eigenvalue weighted by Gasteiger charge is 2.16. The molecule has 0 bridgehead atoms. The van der Waals surface area contributed by atoms with Gasteiger partial charge in [0.05, 0.1) is 18.1 Å². The predicted molar refractivity (Wildman–Crippen MR) is 71.8 cm³/mol. The van der Waals surface area contributed by atoms with Crippen LogP contribution in [-0.2, 0) is 9.84 Å². The van der Waals surface area contributed by atoms with Crippen LogP contribution in [0, 0.1) is 0 Å². The van der Waals surface area contributed by atoms with Crippen LogP contribution in [-0.4, -0.2) is 33.1 Å². The third kappa shape index (κ3) is 3.80. The Morgan fingerprint density at radius 3 is 2.50 bits per heavy atom. The molecule has 0 saturated heterocycles. The van der Waals surface area contributed by atoms with Crippen LogP contribution in [0.2, 0.25) is 0 Å². The molecule has 0 saturated carbocycles. The van der Waals surface area contributed by atoms with Crippen molar-refractivity contribution in [3.05, 3.63) is 18.2 Å². The fourth-order valence-electron chi connectivity index (χ4n) is 1.31. The molecule has 5 nitrogen and oxygen atoms in total. The summed E-state index contributed by atoms with van der Waals surface area (Å²) in [4.78, 5) is 0. The fraction of sp³-hybridized carbons (Fsp3) is 0.500. The van der Waals surface area contributed by atoms with E-state index in [-0.39, 0.29) is 12.4 Å². The minimum Gasteiger partial charge on any atom is -0.493 e. The quantitative estimate of drug-likeness (QED) is 0.794. The van der Waals surface area contributed by atoms with Crippen LogP contribution in [0.25, 0.3) is 0 Å². The summed E-state index contributed by atoms with van der Waals surface area (Å²) in [5.41, 5.74) is 6.17. The summed E-state index contributed by atoms with van der Waals surface area (Å²) in [5, 5.41) is -0.399. The summed E-state index contributed by atoms with van der Waals surface area (Å²) in [6.07, 6.45) is 0. The van der Waals surface area contributed by atoms with Crippen LogP contribution in [0.15, 0.2) is 18.2 Å². The Morgan fingerprint density at radius 2 is 1.94 bits per heavy atom. The molecule has 0 aliphatic rings. The second kappa shape index (κ2) is 5.95. The maximum Gasteiger partial charge on any atom is 0.163 e. The van der Waals surface area contributed by atoms with Crippen LogP contribution < -0.4 is 15.2 Å². The van der Waals surface area contributed by atoms with Crippen LogP contribution in [0.4, 0.5) is 5.69 Å². The van der Waals surface area contributed by atoms with Crippen molar-refractivity contribution < 1.29 is 17.9 Å². The zero-order chi connectivity index (χ0) is 13.8. The van der Waals surface area contributed by atoms with Crippen molar-refractivity contribution in [1.29, 1.82) is 0 Å². The van der Waals surface area contributed by atoms with E-state index in [0.29, 0.717) is 17.2 Å². The molecule has 0 atom stereocenters. The fourth-order valence-corrected chi connectivity index (χ4v) is 2.10. The van der Waals surface area contributed by atoms with E-state index in [9.17, 15) is 8.42 Å². The highest BCUT2D eigenvalue weighted by molar-refractivity contribution is 7.91. The number of hydrogen-bond acceptors (Lipinski definition) is 5. The third-order valence-corrected chi connectivity index (χ3v) is 4.70. The predicted octanol–water partition coefficient (Wildman–Crippen LogP) is 1.48. The molecule has 1 rings (SSSR count). The van der Waals surface area contributed by atoms with Gasteiger partial charge >= 0.3 is 0 Å². The van der Waals surface area contributed by atoms with Gasteiger partial charge in [0.15, 0.2) is 21.3 Å². The van der Waals surface area contributed by atoms with Gasteiger partial charge in [-0.15, -0.1) is 0 Å². The zero-order valence-electron chi connectivity index (χ0n) is 10.8. The Bertz CT molecular complexity index is 497.